The zero-order valence-electron chi connectivity index (χ0n) is 9.01. The molecule has 2 unspecified atom stereocenters. The average molecular weight is 200 g/mol. The molecule has 82 valence electrons. The molecule has 0 aromatic heterocycles. The predicted molar refractivity (Wildman–Crippen MR) is 55.1 cm³/mol. The molecule has 1 aliphatic rings. The van der Waals surface area contributed by atoms with Crippen molar-refractivity contribution in [2.75, 3.05) is 26.7 Å². The minimum absolute atomic E-state index is 0.00921. The summed E-state index contributed by atoms with van der Waals surface area (Å²) < 4.78 is 4.82. The summed E-state index contributed by atoms with van der Waals surface area (Å²) in [6.45, 7) is 4.84. The minimum atomic E-state index is -0.0837. The quantitative estimate of drug-likeness (QED) is 0.636. The fourth-order valence-corrected chi connectivity index (χ4v) is 1.98. The highest BCUT2D eigenvalue weighted by Gasteiger charge is 2.29. The minimum Gasteiger partial charge on any atom is -0.469 e. The van der Waals surface area contributed by atoms with Crippen molar-refractivity contribution in [2.45, 2.75) is 25.8 Å². The Hall–Kier alpha value is -0.610. The summed E-state index contributed by atoms with van der Waals surface area (Å²) in [5, 5.41) is 6.65. The smallest absolute Gasteiger partial charge is 0.310 e. The van der Waals surface area contributed by atoms with Crippen molar-refractivity contribution in [3.63, 3.8) is 0 Å². The highest BCUT2D eigenvalue weighted by molar-refractivity contribution is 5.73. The summed E-state index contributed by atoms with van der Waals surface area (Å²) in [5.41, 5.74) is 0. The molecule has 2 N–H and O–H groups in total. The number of ether oxygens (including phenoxy) is 1. The van der Waals surface area contributed by atoms with Crippen LogP contribution in [0.15, 0.2) is 0 Å². The maximum atomic E-state index is 11.5. The van der Waals surface area contributed by atoms with Crippen molar-refractivity contribution in [2.24, 2.45) is 5.92 Å². The van der Waals surface area contributed by atoms with E-state index in [-0.39, 0.29) is 17.9 Å². The molecule has 2 atom stereocenters. The molecule has 1 aliphatic heterocycles. The van der Waals surface area contributed by atoms with Gasteiger partial charge in [-0.05, 0) is 32.5 Å². The number of rotatable bonds is 3. The van der Waals surface area contributed by atoms with Crippen LogP contribution in [0.1, 0.15) is 19.8 Å². The van der Waals surface area contributed by atoms with Gasteiger partial charge in [-0.2, -0.15) is 0 Å². The molecule has 0 aliphatic carbocycles. The standard InChI is InChI=1S/C10H20N2O2/c1-3-12-9-5-7-11-6-4-8(9)10(13)14-2/h8-9,11-12H,3-7H2,1-2H3. The summed E-state index contributed by atoms with van der Waals surface area (Å²) in [7, 11) is 1.46. The molecule has 4 heteroatoms. The number of carbonyl (C=O) groups excluding carboxylic acids is 1. The number of hydrogen-bond donors (Lipinski definition) is 2. The first-order chi connectivity index (χ1) is 6.79. The van der Waals surface area contributed by atoms with Crippen LogP contribution >= 0.6 is 0 Å². The van der Waals surface area contributed by atoms with Gasteiger partial charge < -0.3 is 15.4 Å². The molecule has 1 fully saturated rings. The molecule has 1 saturated heterocycles. The summed E-state index contributed by atoms with van der Waals surface area (Å²) in [6, 6.07) is 0.266. The number of esters is 1. The molecule has 0 aromatic rings. The summed E-state index contributed by atoms with van der Waals surface area (Å²) in [4.78, 5) is 11.5. The van der Waals surface area contributed by atoms with Gasteiger partial charge in [-0.15, -0.1) is 0 Å². The summed E-state index contributed by atoms with van der Waals surface area (Å²) >= 11 is 0. The third-order valence-electron chi connectivity index (χ3n) is 2.72. The topological polar surface area (TPSA) is 50.4 Å². The summed E-state index contributed by atoms with van der Waals surface area (Å²) in [6.07, 6.45) is 1.86. The van der Waals surface area contributed by atoms with Gasteiger partial charge in [-0.1, -0.05) is 6.92 Å². The van der Waals surface area contributed by atoms with Gasteiger partial charge in [-0.25, -0.2) is 0 Å². The first kappa shape index (κ1) is 11.5. The van der Waals surface area contributed by atoms with Gasteiger partial charge in [0.05, 0.1) is 13.0 Å². The molecule has 0 radical (unpaired) electrons. The third kappa shape index (κ3) is 2.96. The Bertz CT molecular complexity index is 185. The second-order valence-corrected chi connectivity index (χ2v) is 3.62. The van der Waals surface area contributed by atoms with Crippen LogP contribution < -0.4 is 10.6 Å². The SMILES string of the molecule is CCNC1CCNCCC1C(=O)OC. The van der Waals surface area contributed by atoms with E-state index in [9.17, 15) is 4.79 Å². The van der Waals surface area contributed by atoms with Crippen LogP contribution in [0.2, 0.25) is 0 Å². The van der Waals surface area contributed by atoms with Gasteiger partial charge in [0, 0.05) is 6.04 Å². The highest BCUT2D eigenvalue weighted by Crippen LogP contribution is 2.16. The molecular formula is C10H20N2O2. The second kappa shape index (κ2) is 5.98. The van der Waals surface area contributed by atoms with Gasteiger partial charge in [0.25, 0.3) is 0 Å². The fourth-order valence-electron chi connectivity index (χ4n) is 1.98. The zero-order valence-corrected chi connectivity index (χ0v) is 9.01. The largest absolute Gasteiger partial charge is 0.469 e. The lowest BCUT2D eigenvalue weighted by Gasteiger charge is -2.22. The molecule has 1 heterocycles. The van der Waals surface area contributed by atoms with E-state index in [0.717, 1.165) is 32.5 Å². The normalized spacial score (nSPS) is 28.1. The third-order valence-corrected chi connectivity index (χ3v) is 2.72. The Labute approximate surface area is 85.4 Å². The van der Waals surface area contributed by atoms with E-state index >= 15 is 0 Å². The van der Waals surface area contributed by atoms with E-state index in [4.69, 9.17) is 4.74 Å². The Morgan fingerprint density at radius 3 is 2.86 bits per heavy atom. The van der Waals surface area contributed by atoms with E-state index in [2.05, 4.69) is 17.6 Å². The van der Waals surface area contributed by atoms with Gasteiger partial charge in [0.1, 0.15) is 0 Å². The molecule has 0 bridgehead atoms. The Balaban J connectivity index is 2.58. The van der Waals surface area contributed by atoms with E-state index in [1.54, 1.807) is 0 Å². The monoisotopic (exact) mass is 200 g/mol. The number of nitrogens with one attached hydrogen (secondary N) is 2. The molecular weight excluding hydrogens is 180 g/mol. The van der Waals surface area contributed by atoms with Crippen molar-refractivity contribution >= 4 is 5.97 Å². The molecule has 0 amide bonds. The van der Waals surface area contributed by atoms with Crippen molar-refractivity contribution < 1.29 is 9.53 Å². The van der Waals surface area contributed by atoms with Crippen LogP contribution in [0.5, 0.6) is 0 Å². The van der Waals surface area contributed by atoms with E-state index in [1.807, 2.05) is 0 Å². The molecule has 4 nitrogen and oxygen atoms in total. The van der Waals surface area contributed by atoms with Crippen LogP contribution in [0.3, 0.4) is 0 Å². The van der Waals surface area contributed by atoms with Crippen LogP contribution in [-0.4, -0.2) is 38.8 Å². The average Bonchev–Trinajstić information content (AvgIpc) is 2.43. The molecule has 14 heavy (non-hydrogen) atoms. The van der Waals surface area contributed by atoms with Gasteiger partial charge >= 0.3 is 5.97 Å². The molecule has 0 spiro atoms. The molecule has 0 aromatic carbocycles. The second-order valence-electron chi connectivity index (χ2n) is 3.62. The highest BCUT2D eigenvalue weighted by atomic mass is 16.5. The van der Waals surface area contributed by atoms with Crippen molar-refractivity contribution in [3.05, 3.63) is 0 Å². The maximum Gasteiger partial charge on any atom is 0.310 e. The van der Waals surface area contributed by atoms with Crippen LogP contribution in [0.4, 0.5) is 0 Å². The Morgan fingerprint density at radius 2 is 2.21 bits per heavy atom. The van der Waals surface area contributed by atoms with E-state index in [1.165, 1.54) is 7.11 Å². The number of carbonyl (C=O) groups is 1. The molecule has 1 rings (SSSR count). The predicted octanol–water partition coefficient (Wildman–Crippen LogP) is 0.137. The number of methoxy groups -OCH3 is 1. The van der Waals surface area contributed by atoms with Crippen molar-refractivity contribution in [1.29, 1.82) is 0 Å². The number of hydrogen-bond acceptors (Lipinski definition) is 4. The van der Waals surface area contributed by atoms with Crippen LogP contribution in [0, 0.1) is 5.92 Å². The van der Waals surface area contributed by atoms with Gasteiger partial charge in [0.2, 0.25) is 0 Å². The zero-order chi connectivity index (χ0) is 10.4. The van der Waals surface area contributed by atoms with Crippen molar-refractivity contribution in [1.82, 2.24) is 10.6 Å². The van der Waals surface area contributed by atoms with E-state index < -0.39 is 0 Å². The lowest BCUT2D eigenvalue weighted by atomic mass is 9.95. The lowest BCUT2D eigenvalue weighted by Crippen LogP contribution is -2.40. The van der Waals surface area contributed by atoms with Gasteiger partial charge in [0.15, 0.2) is 0 Å². The van der Waals surface area contributed by atoms with Crippen LogP contribution in [0.25, 0.3) is 0 Å². The summed E-state index contributed by atoms with van der Waals surface area (Å²) in [5.74, 6) is -0.0744. The van der Waals surface area contributed by atoms with Crippen molar-refractivity contribution in [3.8, 4) is 0 Å². The fraction of sp³-hybridized carbons (Fsp3) is 0.900. The van der Waals surface area contributed by atoms with Crippen LogP contribution in [-0.2, 0) is 9.53 Å². The molecule has 0 saturated carbocycles. The lowest BCUT2D eigenvalue weighted by molar-refractivity contribution is -0.146. The Morgan fingerprint density at radius 1 is 1.50 bits per heavy atom. The maximum absolute atomic E-state index is 11.5. The van der Waals surface area contributed by atoms with Gasteiger partial charge in [-0.3, -0.25) is 4.79 Å². The first-order valence-corrected chi connectivity index (χ1v) is 5.31. The first-order valence-electron chi connectivity index (χ1n) is 5.31. The van der Waals surface area contributed by atoms with E-state index in [0.29, 0.717) is 0 Å². The Kier molecular flexibility index (Phi) is 4.90.